The maximum absolute atomic E-state index is 13.8. The highest BCUT2D eigenvalue weighted by Gasteiger charge is 2.24. The molecule has 0 fully saturated rings. The summed E-state index contributed by atoms with van der Waals surface area (Å²) < 4.78 is 15.1. The van der Waals surface area contributed by atoms with Crippen molar-refractivity contribution >= 4 is 29.2 Å². The van der Waals surface area contributed by atoms with Gasteiger partial charge in [-0.15, -0.1) is 11.8 Å². The fraction of sp³-hybridized carbons (Fsp3) is 0.421. The van der Waals surface area contributed by atoms with Gasteiger partial charge in [0.05, 0.1) is 5.75 Å². The van der Waals surface area contributed by atoms with Crippen LogP contribution in [0.25, 0.3) is 0 Å². The van der Waals surface area contributed by atoms with E-state index in [4.69, 9.17) is 5.73 Å². The molecular weight excluding hydrogens is 383 g/mol. The van der Waals surface area contributed by atoms with Crippen LogP contribution in [0.5, 0.6) is 0 Å². The van der Waals surface area contributed by atoms with Crippen LogP contribution in [0.15, 0.2) is 38.8 Å². The number of benzene rings is 1. The first-order chi connectivity index (χ1) is 13.4. The molecule has 0 saturated heterocycles. The molecule has 28 heavy (non-hydrogen) atoms. The van der Waals surface area contributed by atoms with E-state index in [1.165, 1.54) is 15.5 Å². The lowest BCUT2D eigenvalue weighted by Crippen LogP contribution is -2.42. The second kappa shape index (κ2) is 10.1. The van der Waals surface area contributed by atoms with Crippen LogP contribution in [0, 0.1) is 5.82 Å². The molecule has 0 unspecified atom stereocenters. The number of amides is 1. The van der Waals surface area contributed by atoms with Crippen LogP contribution in [0.2, 0.25) is 0 Å². The highest BCUT2D eigenvalue weighted by molar-refractivity contribution is 8.00. The molecule has 1 aromatic carbocycles. The smallest absolute Gasteiger partial charge is 0.330 e. The van der Waals surface area contributed by atoms with Gasteiger partial charge in [0.2, 0.25) is 5.91 Å². The van der Waals surface area contributed by atoms with Crippen LogP contribution in [0.3, 0.4) is 0 Å². The van der Waals surface area contributed by atoms with Gasteiger partial charge in [-0.25, -0.2) is 9.18 Å². The maximum Gasteiger partial charge on any atom is 0.330 e. The average Bonchev–Trinajstić information content (AvgIpc) is 2.66. The number of anilines is 2. The number of nitrogen functional groups attached to an aromatic ring is 1. The summed E-state index contributed by atoms with van der Waals surface area (Å²) in [5, 5.41) is 0. The van der Waals surface area contributed by atoms with Crippen LogP contribution in [0.1, 0.15) is 33.1 Å². The fourth-order valence-electron chi connectivity index (χ4n) is 2.74. The Hall–Kier alpha value is -2.55. The van der Waals surface area contributed by atoms with E-state index in [0.29, 0.717) is 24.3 Å². The van der Waals surface area contributed by atoms with E-state index in [1.54, 1.807) is 18.2 Å². The van der Waals surface area contributed by atoms with Gasteiger partial charge in [-0.05, 0) is 25.0 Å². The lowest BCUT2D eigenvalue weighted by Gasteiger charge is -2.24. The number of nitrogens with two attached hydrogens (primary N) is 1. The van der Waals surface area contributed by atoms with Crippen molar-refractivity contribution in [1.29, 1.82) is 0 Å². The highest BCUT2D eigenvalue weighted by atomic mass is 32.2. The van der Waals surface area contributed by atoms with Crippen molar-refractivity contribution in [2.45, 2.75) is 44.6 Å². The Morgan fingerprint density at radius 3 is 2.61 bits per heavy atom. The zero-order valence-electron chi connectivity index (χ0n) is 16.0. The molecule has 9 heteroatoms. The van der Waals surface area contributed by atoms with Crippen molar-refractivity contribution in [2.75, 3.05) is 22.9 Å². The molecule has 152 valence electrons. The second-order valence-corrected chi connectivity index (χ2v) is 7.28. The Balaban J connectivity index is 2.36. The fourth-order valence-corrected chi connectivity index (χ4v) is 3.56. The first kappa shape index (κ1) is 21.7. The number of hydrogen-bond acceptors (Lipinski definition) is 5. The Labute approximate surface area is 166 Å². The summed E-state index contributed by atoms with van der Waals surface area (Å²) in [7, 11) is 0. The van der Waals surface area contributed by atoms with Gasteiger partial charge in [0, 0.05) is 18.0 Å². The van der Waals surface area contributed by atoms with Crippen molar-refractivity contribution in [3.05, 3.63) is 50.9 Å². The zero-order chi connectivity index (χ0) is 20.7. The summed E-state index contributed by atoms with van der Waals surface area (Å²) in [6, 6.07) is 6.18. The SMILES string of the molecule is CCCCN(C(=O)CSc1ccccc1F)c1c(N)n(CCC)c(=O)[nH]c1=O. The lowest BCUT2D eigenvalue weighted by molar-refractivity contribution is -0.116. The van der Waals surface area contributed by atoms with Crippen LogP contribution < -0.4 is 21.9 Å². The third-order valence-electron chi connectivity index (χ3n) is 4.16. The molecule has 0 spiro atoms. The van der Waals surface area contributed by atoms with E-state index in [1.807, 2.05) is 13.8 Å². The number of hydrogen-bond donors (Lipinski definition) is 2. The molecule has 0 saturated carbocycles. The number of rotatable bonds is 9. The van der Waals surface area contributed by atoms with Crippen LogP contribution >= 0.6 is 11.8 Å². The van der Waals surface area contributed by atoms with Gasteiger partial charge in [0.1, 0.15) is 11.6 Å². The van der Waals surface area contributed by atoms with E-state index in [9.17, 15) is 18.8 Å². The summed E-state index contributed by atoms with van der Waals surface area (Å²) in [6.07, 6.45) is 2.10. The van der Waals surface area contributed by atoms with Gasteiger partial charge in [0.15, 0.2) is 5.69 Å². The van der Waals surface area contributed by atoms with E-state index in [0.717, 1.165) is 18.2 Å². The molecule has 0 aliphatic rings. The van der Waals surface area contributed by atoms with Crippen molar-refractivity contribution in [1.82, 2.24) is 9.55 Å². The standard InChI is InChI=1S/C19H25FN4O3S/c1-3-5-11-23(15(25)12-28-14-9-7-6-8-13(14)20)16-17(21)24(10-4-2)19(27)22-18(16)26/h6-9H,3-5,10-12,21H2,1-2H3,(H,22,26,27). The number of unbranched alkanes of at least 4 members (excludes halogenated alkanes) is 1. The zero-order valence-corrected chi connectivity index (χ0v) is 16.9. The van der Waals surface area contributed by atoms with Crippen LogP contribution in [-0.4, -0.2) is 27.8 Å². The quantitative estimate of drug-likeness (QED) is 0.621. The molecule has 0 bridgehead atoms. The Morgan fingerprint density at radius 2 is 1.96 bits per heavy atom. The van der Waals surface area contributed by atoms with Crippen LogP contribution in [0.4, 0.5) is 15.9 Å². The van der Waals surface area contributed by atoms with Gasteiger partial charge in [0.25, 0.3) is 5.56 Å². The molecule has 0 radical (unpaired) electrons. The van der Waals surface area contributed by atoms with E-state index >= 15 is 0 Å². The molecule has 2 rings (SSSR count). The predicted molar refractivity (Wildman–Crippen MR) is 110 cm³/mol. The van der Waals surface area contributed by atoms with E-state index in [2.05, 4.69) is 4.98 Å². The summed E-state index contributed by atoms with van der Waals surface area (Å²) in [5.41, 5.74) is 4.77. The molecule has 2 aromatic rings. The minimum atomic E-state index is -0.699. The van der Waals surface area contributed by atoms with Crippen LogP contribution in [-0.2, 0) is 11.3 Å². The molecule has 7 nitrogen and oxygen atoms in total. The minimum Gasteiger partial charge on any atom is -0.383 e. The number of thioether (sulfide) groups is 1. The maximum atomic E-state index is 13.8. The normalized spacial score (nSPS) is 10.8. The molecule has 1 aromatic heterocycles. The summed E-state index contributed by atoms with van der Waals surface area (Å²) in [5.74, 6) is -0.873. The number of aromatic amines is 1. The molecule has 0 aliphatic carbocycles. The predicted octanol–water partition coefficient (Wildman–Crippen LogP) is 2.59. The Bertz CT molecular complexity index is 942. The summed E-state index contributed by atoms with van der Waals surface area (Å²) in [6.45, 7) is 4.45. The third-order valence-corrected chi connectivity index (χ3v) is 5.19. The number of nitrogens with zero attached hydrogens (tertiary/aromatic N) is 2. The molecule has 1 heterocycles. The van der Waals surface area contributed by atoms with Gasteiger partial charge in [-0.1, -0.05) is 32.4 Å². The highest BCUT2D eigenvalue weighted by Crippen LogP contribution is 2.24. The molecule has 1 amide bonds. The Kier molecular flexibility index (Phi) is 7.86. The van der Waals surface area contributed by atoms with Gasteiger partial charge >= 0.3 is 5.69 Å². The largest absolute Gasteiger partial charge is 0.383 e. The molecule has 3 N–H and O–H groups in total. The van der Waals surface area contributed by atoms with Crippen molar-refractivity contribution in [3.8, 4) is 0 Å². The molecule has 0 atom stereocenters. The van der Waals surface area contributed by atoms with Gasteiger partial charge < -0.3 is 10.6 Å². The number of halogens is 1. The van der Waals surface area contributed by atoms with E-state index in [-0.39, 0.29) is 29.7 Å². The number of carbonyl (C=O) groups excluding carboxylic acids is 1. The monoisotopic (exact) mass is 408 g/mol. The van der Waals surface area contributed by atoms with Crippen molar-refractivity contribution in [3.63, 3.8) is 0 Å². The topological polar surface area (TPSA) is 101 Å². The number of aromatic nitrogens is 2. The van der Waals surface area contributed by atoms with E-state index < -0.39 is 17.1 Å². The van der Waals surface area contributed by atoms with Crippen molar-refractivity contribution < 1.29 is 9.18 Å². The van der Waals surface area contributed by atoms with Gasteiger partial charge in [-0.3, -0.25) is 19.1 Å². The van der Waals surface area contributed by atoms with Gasteiger partial charge in [-0.2, -0.15) is 0 Å². The molecule has 0 aliphatic heterocycles. The summed E-state index contributed by atoms with van der Waals surface area (Å²) >= 11 is 1.05. The Morgan fingerprint density at radius 1 is 1.25 bits per heavy atom. The minimum absolute atomic E-state index is 0.0272. The van der Waals surface area contributed by atoms with Crippen molar-refractivity contribution in [2.24, 2.45) is 0 Å². The third kappa shape index (κ3) is 5.03. The summed E-state index contributed by atoms with van der Waals surface area (Å²) in [4.78, 5) is 41.3. The number of H-pyrrole nitrogens is 1. The molecular formula is C19H25FN4O3S. The first-order valence-corrected chi connectivity index (χ1v) is 10.2. The lowest BCUT2D eigenvalue weighted by atomic mass is 10.2. The first-order valence-electron chi connectivity index (χ1n) is 9.20. The average molecular weight is 408 g/mol. The number of nitrogens with one attached hydrogen (secondary N) is 1. The number of carbonyl (C=O) groups is 1. The second-order valence-electron chi connectivity index (χ2n) is 6.26.